The molecule has 2 aromatic rings. The summed E-state index contributed by atoms with van der Waals surface area (Å²) in [4.78, 5) is 39.3. The Morgan fingerprint density at radius 3 is 2.39 bits per heavy atom. The molecule has 1 heterocycles. The minimum atomic E-state index is -0.745. The average molecular weight is 469 g/mol. The molecule has 0 saturated heterocycles. The number of rotatable bonds is 6. The number of carbonyl (C=O) groups excluding carboxylic acids is 3. The average Bonchev–Trinajstić information content (AvgIpc) is 3.06. The lowest BCUT2D eigenvalue weighted by atomic mass is 10.1. The Balaban J connectivity index is 2.01. The fourth-order valence-corrected chi connectivity index (χ4v) is 3.31. The van der Waals surface area contributed by atoms with E-state index in [1.807, 2.05) is 0 Å². The monoisotopic (exact) mass is 468 g/mol. The van der Waals surface area contributed by atoms with Gasteiger partial charge in [-0.25, -0.2) is 9.59 Å². The van der Waals surface area contributed by atoms with E-state index in [2.05, 4.69) is 5.32 Å². The SMILES string of the molecule is COC(=O)C1=C(C(=O)OC)N(c2cccc(C(=O)Nc3cc(Cl)ccc3OC)c2)C=CC=C1. The summed E-state index contributed by atoms with van der Waals surface area (Å²) >= 11 is 6.04. The van der Waals surface area contributed by atoms with Crippen LogP contribution in [-0.4, -0.2) is 39.2 Å². The van der Waals surface area contributed by atoms with E-state index >= 15 is 0 Å². The fourth-order valence-electron chi connectivity index (χ4n) is 3.13. The molecular weight excluding hydrogens is 448 g/mol. The van der Waals surface area contributed by atoms with Crippen LogP contribution in [0.2, 0.25) is 5.02 Å². The molecule has 0 fully saturated rings. The Morgan fingerprint density at radius 2 is 1.70 bits per heavy atom. The van der Waals surface area contributed by atoms with Crippen molar-refractivity contribution in [1.82, 2.24) is 0 Å². The van der Waals surface area contributed by atoms with E-state index in [-0.39, 0.29) is 11.3 Å². The van der Waals surface area contributed by atoms with Gasteiger partial charge in [-0.1, -0.05) is 23.7 Å². The van der Waals surface area contributed by atoms with E-state index < -0.39 is 17.8 Å². The zero-order chi connectivity index (χ0) is 24.0. The molecule has 1 aliphatic rings. The summed E-state index contributed by atoms with van der Waals surface area (Å²) in [6.45, 7) is 0. The molecule has 0 spiro atoms. The van der Waals surface area contributed by atoms with E-state index in [1.165, 1.54) is 32.3 Å². The number of ether oxygens (including phenoxy) is 3. The van der Waals surface area contributed by atoms with Gasteiger partial charge < -0.3 is 24.4 Å². The second-order valence-electron chi connectivity index (χ2n) is 6.67. The molecule has 2 aromatic carbocycles. The maximum atomic E-state index is 13.0. The standard InChI is InChI=1S/C24H21ClN2O6/c1-31-20-11-10-16(25)14-19(20)26-22(28)15-7-6-8-17(13-15)27-12-5-4-9-18(23(29)32-2)21(27)24(30)33-3/h4-14H,1-3H3,(H,26,28). The first kappa shape index (κ1) is 23.6. The third-order valence-corrected chi connectivity index (χ3v) is 4.92. The van der Waals surface area contributed by atoms with Crippen LogP contribution in [0.1, 0.15) is 10.4 Å². The van der Waals surface area contributed by atoms with Gasteiger partial charge in [0.1, 0.15) is 11.4 Å². The van der Waals surface area contributed by atoms with Crippen molar-refractivity contribution in [3.63, 3.8) is 0 Å². The van der Waals surface area contributed by atoms with Crippen LogP contribution < -0.4 is 15.0 Å². The Bertz CT molecular complexity index is 1190. The topological polar surface area (TPSA) is 94.2 Å². The Morgan fingerprint density at radius 1 is 0.939 bits per heavy atom. The number of benzene rings is 2. The molecule has 170 valence electrons. The minimum Gasteiger partial charge on any atom is -0.495 e. The van der Waals surface area contributed by atoms with Gasteiger partial charge in [0.2, 0.25) is 0 Å². The number of hydrogen-bond donors (Lipinski definition) is 1. The van der Waals surface area contributed by atoms with E-state index in [1.54, 1.807) is 60.8 Å². The second-order valence-corrected chi connectivity index (χ2v) is 7.10. The second kappa shape index (κ2) is 10.5. The van der Waals surface area contributed by atoms with Gasteiger partial charge in [0, 0.05) is 22.5 Å². The Labute approximate surface area is 195 Å². The van der Waals surface area contributed by atoms with Crippen molar-refractivity contribution in [3.05, 3.63) is 88.7 Å². The fraction of sp³-hybridized carbons (Fsp3) is 0.125. The van der Waals surface area contributed by atoms with Gasteiger partial charge in [0.25, 0.3) is 5.91 Å². The summed E-state index contributed by atoms with van der Waals surface area (Å²) < 4.78 is 15.0. The molecule has 0 radical (unpaired) electrons. The molecule has 0 saturated carbocycles. The van der Waals surface area contributed by atoms with Crippen molar-refractivity contribution in [3.8, 4) is 5.75 Å². The molecule has 1 aliphatic heterocycles. The van der Waals surface area contributed by atoms with E-state index in [9.17, 15) is 14.4 Å². The number of halogens is 1. The van der Waals surface area contributed by atoms with Gasteiger partial charge in [-0.05, 0) is 48.6 Å². The van der Waals surface area contributed by atoms with Crippen LogP contribution in [0.25, 0.3) is 0 Å². The zero-order valence-corrected chi connectivity index (χ0v) is 18.9. The maximum Gasteiger partial charge on any atom is 0.355 e. The van der Waals surface area contributed by atoms with Crippen LogP contribution in [0.15, 0.2) is 78.2 Å². The van der Waals surface area contributed by atoms with Crippen molar-refractivity contribution in [2.45, 2.75) is 0 Å². The highest BCUT2D eigenvalue weighted by Gasteiger charge is 2.27. The molecule has 1 amide bonds. The van der Waals surface area contributed by atoms with E-state index in [0.29, 0.717) is 27.7 Å². The largest absolute Gasteiger partial charge is 0.495 e. The van der Waals surface area contributed by atoms with Gasteiger partial charge in [-0.15, -0.1) is 0 Å². The van der Waals surface area contributed by atoms with Gasteiger partial charge in [-0.3, -0.25) is 4.79 Å². The number of nitrogens with one attached hydrogen (secondary N) is 1. The van der Waals surface area contributed by atoms with Gasteiger partial charge in [-0.2, -0.15) is 0 Å². The molecule has 0 atom stereocenters. The highest BCUT2D eigenvalue weighted by atomic mass is 35.5. The molecule has 33 heavy (non-hydrogen) atoms. The summed E-state index contributed by atoms with van der Waals surface area (Å²) in [6.07, 6.45) is 6.27. The van der Waals surface area contributed by atoms with Crippen LogP contribution in [0.5, 0.6) is 5.75 Å². The molecule has 3 rings (SSSR count). The maximum absolute atomic E-state index is 13.0. The molecule has 1 N–H and O–H groups in total. The molecule has 0 aromatic heterocycles. The predicted molar refractivity (Wildman–Crippen MR) is 124 cm³/mol. The lowest BCUT2D eigenvalue weighted by Gasteiger charge is -2.23. The van der Waals surface area contributed by atoms with Crippen molar-refractivity contribution in [2.24, 2.45) is 0 Å². The van der Waals surface area contributed by atoms with E-state index in [0.717, 1.165) is 0 Å². The van der Waals surface area contributed by atoms with Crippen LogP contribution in [0.4, 0.5) is 11.4 Å². The summed E-state index contributed by atoms with van der Waals surface area (Å²) in [5, 5.41) is 3.20. The molecule has 9 heteroatoms. The molecular formula is C24H21ClN2O6. The number of methoxy groups -OCH3 is 3. The van der Waals surface area contributed by atoms with Gasteiger partial charge in [0.15, 0.2) is 0 Å². The molecule has 0 unspecified atom stereocenters. The van der Waals surface area contributed by atoms with E-state index in [4.69, 9.17) is 25.8 Å². The number of anilines is 2. The molecule has 8 nitrogen and oxygen atoms in total. The summed E-state index contributed by atoms with van der Waals surface area (Å²) in [5.41, 5.74) is 1.10. The highest BCUT2D eigenvalue weighted by Crippen LogP contribution is 2.30. The molecule has 0 aliphatic carbocycles. The quantitative estimate of drug-likeness (QED) is 0.638. The third kappa shape index (κ3) is 5.24. The van der Waals surface area contributed by atoms with Crippen LogP contribution >= 0.6 is 11.6 Å². The summed E-state index contributed by atoms with van der Waals surface area (Å²) in [5.74, 6) is -1.43. The first-order valence-corrected chi connectivity index (χ1v) is 10.1. The van der Waals surface area contributed by atoms with Crippen LogP contribution in [0, 0.1) is 0 Å². The summed E-state index contributed by atoms with van der Waals surface area (Å²) in [6, 6.07) is 11.4. The Kier molecular flexibility index (Phi) is 7.53. The smallest absolute Gasteiger partial charge is 0.355 e. The lowest BCUT2D eigenvalue weighted by Crippen LogP contribution is -2.27. The first-order chi connectivity index (χ1) is 15.9. The minimum absolute atomic E-state index is 0.00729. The van der Waals surface area contributed by atoms with Crippen LogP contribution in [-0.2, 0) is 19.1 Å². The van der Waals surface area contributed by atoms with Gasteiger partial charge >= 0.3 is 11.9 Å². The Hall–Kier alpha value is -4.04. The van der Waals surface area contributed by atoms with Gasteiger partial charge in [0.05, 0.1) is 32.6 Å². The number of amides is 1. The van der Waals surface area contributed by atoms with Crippen LogP contribution in [0.3, 0.4) is 0 Å². The number of nitrogens with zero attached hydrogens (tertiary/aromatic N) is 1. The number of esters is 2. The first-order valence-electron chi connectivity index (χ1n) is 9.69. The highest BCUT2D eigenvalue weighted by molar-refractivity contribution is 6.31. The summed E-state index contributed by atoms with van der Waals surface area (Å²) in [7, 11) is 3.91. The van der Waals surface area contributed by atoms with Crippen molar-refractivity contribution >= 4 is 40.8 Å². The number of allylic oxidation sites excluding steroid dienone is 2. The predicted octanol–water partition coefficient (Wildman–Crippen LogP) is 4.09. The third-order valence-electron chi connectivity index (χ3n) is 4.69. The zero-order valence-electron chi connectivity index (χ0n) is 18.1. The van der Waals surface area contributed by atoms with Crippen molar-refractivity contribution in [2.75, 3.05) is 31.5 Å². The van der Waals surface area contributed by atoms with Crippen molar-refractivity contribution in [1.29, 1.82) is 0 Å². The number of hydrogen-bond acceptors (Lipinski definition) is 7. The molecule has 0 bridgehead atoms. The number of carbonyl (C=O) groups is 3. The van der Waals surface area contributed by atoms with Crippen molar-refractivity contribution < 1.29 is 28.6 Å². The lowest BCUT2D eigenvalue weighted by molar-refractivity contribution is -0.139. The normalized spacial score (nSPS) is 12.8.